The Labute approximate surface area is 117 Å². The van der Waals surface area contributed by atoms with Crippen molar-refractivity contribution in [3.05, 3.63) is 31.4 Å². The summed E-state index contributed by atoms with van der Waals surface area (Å²) >= 11 is 6.57. The normalized spacial score (nSPS) is 13.9. The Bertz CT molecular complexity index is 513. The van der Waals surface area contributed by atoms with E-state index in [0.29, 0.717) is 0 Å². The predicted octanol–water partition coefficient (Wildman–Crippen LogP) is 3.71. The van der Waals surface area contributed by atoms with Gasteiger partial charge >= 0.3 is 0 Å². The van der Waals surface area contributed by atoms with Crippen molar-refractivity contribution >= 4 is 38.8 Å². The molecule has 2 aromatic rings. The number of nitrogens with zero attached hydrogens (tertiary/aromatic N) is 2. The zero-order valence-corrected chi connectivity index (χ0v) is 13.1. The summed E-state index contributed by atoms with van der Waals surface area (Å²) in [5.74, 6) is 0. The van der Waals surface area contributed by atoms with Crippen LogP contribution in [0.25, 0.3) is 0 Å². The maximum Gasteiger partial charge on any atom is 0.0860 e. The zero-order chi connectivity index (χ0) is 12.6. The van der Waals surface area contributed by atoms with E-state index >= 15 is 0 Å². The van der Waals surface area contributed by atoms with Crippen molar-refractivity contribution in [2.24, 2.45) is 5.73 Å². The summed E-state index contributed by atoms with van der Waals surface area (Å²) in [6, 6.07) is 1.88. The van der Waals surface area contributed by atoms with Crippen LogP contribution in [-0.2, 0) is 5.41 Å². The van der Waals surface area contributed by atoms with Gasteiger partial charge in [0.05, 0.1) is 16.6 Å². The van der Waals surface area contributed by atoms with E-state index in [-0.39, 0.29) is 11.5 Å². The Morgan fingerprint density at radius 1 is 1.35 bits per heavy atom. The Hall–Kier alpha value is -0.300. The number of thiophene rings is 1. The number of nitrogens with two attached hydrogens (primary N) is 1. The van der Waals surface area contributed by atoms with Gasteiger partial charge in [-0.15, -0.1) is 16.4 Å². The molecule has 92 valence electrons. The van der Waals surface area contributed by atoms with E-state index in [1.54, 1.807) is 11.3 Å². The van der Waals surface area contributed by atoms with Crippen LogP contribution in [0.1, 0.15) is 42.3 Å². The number of rotatable bonds is 2. The minimum absolute atomic E-state index is 0.0241. The molecular formula is C11H14BrN3S2. The van der Waals surface area contributed by atoms with Crippen LogP contribution < -0.4 is 5.73 Å². The van der Waals surface area contributed by atoms with Gasteiger partial charge in [0.25, 0.3) is 0 Å². The summed E-state index contributed by atoms with van der Waals surface area (Å²) in [6.45, 7) is 6.39. The summed E-state index contributed by atoms with van der Waals surface area (Å²) in [7, 11) is 0. The van der Waals surface area contributed by atoms with Crippen LogP contribution in [0.5, 0.6) is 0 Å². The third-order valence-corrected chi connectivity index (χ3v) is 5.19. The number of aromatic nitrogens is 2. The first kappa shape index (κ1) is 13.1. The summed E-state index contributed by atoms with van der Waals surface area (Å²) in [6.07, 6.45) is 0. The van der Waals surface area contributed by atoms with Crippen LogP contribution in [0.15, 0.2) is 15.9 Å². The Balaban J connectivity index is 2.42. The zero-order valence-electron chi connectivity index (χ0n) is 9.90. The summed E-state index contributed by atoms with van der Waals surface area (Å²) < 4.78 is 5.11. The molecule has 2 N–H and O–H groups in total. The second kappa shape index (κ2) is 4.76. The van der Waals surface area contributed by atoms with Crippen molar-refractivity contribution in [2.75, 3.05) is 0 Å². The van der Waals surface area contributed by atoms with Gasteiger partial charge < -0.3 is 5.73 Å². The first-order chi connectivity index (χ1) is 7.91. The molecule has 17 heavy (non-hydrogen) atoms. The smallest absolute Gasteiger partial charge is 0.0860 e. The molecule has 0 aliphatic carbocycles. The van der Waals surface area contributed by atoms with Crippen LogP contribution in [0.4, 0.5) is 0 Å². The molecule has 2 aromatic heterocycles. The highest BCUT2D eigenvalue weighted by Crippen LogP contribution is 2.37. The van der Waals surface area contributed by atoms with Crippen LogP contribution in [0.2, 0.25) is 0 Å². The first-order valence-corrected chi connectivity index (χ1v) is 7.67. The standard InChI is InChI=1S/C11H14BrN3S2/c1-11(2,3)10-9(17-15-14-10)7(13)8-6(12)4-5-16-8/h4-5,7H,13H2,1-3H3. The molecule has 0 amide bonds. The molecule has 0 aliphatic rings. The predicted molar refractivity (Wildman–Crippen MR) is 76.7 cm³/mol. The van der Waals surface area contributed by atoms with Crippen LogP contribution >= 0.6 is 38.8 Å². The van der Waals surface area contributed by atoms with E-state index in [2.05, 4.69) is 46.3 Å². The Morgan fingerprint density at radius 3 is 2.59 bits per heavy atom. The van der Waals surface area contributed by atoms with Gasteiger partial charge in [0.15, 0.2) is 0 Å². The molecule has 0 saturated heterocycles. The first-order valence-electron chi connectivity index (χ1n) is 5.22. The van der Waals surface area contributed by atoms with Crippen LogP contribution in [-0.4, -0.2) is 9.59 Å². The van der Waals surface area contributed by atoms with Crippen LogP contribution in [0, 0.1) is 0 Å². The van der Waals surface area contributed by atoms with Crippen LogP contribution in [0.3, 0.4) is 0 Å². The minimum atomic E-state index is -0.140. The summed E-state index contributed by atoms with van der Waals surface area (Å²) in [4.78, 5) is 2.18. The van der Waals surface area contributed by atoms with Crippen molar-refractivity contribution in [2.45, 2.75) is 32.2 Å². The lowest BCUT2D eigenvalue weighted by atomic mass is 9.90. The molecule has 6 heteroatoms. The molecule has 0 aromatic carbocycles. The fourth-order valence-corrected chi connectivity index (χ4v) is 4.15. The topological polar surface area (TPSA) is 51.8 Å². The second-order valence-corrected chi connectivity index (χ2v) is 7.43. The van der Waals surface area contributed by atoms with Crippen molar-refractivity contribution in [3.8, 4) is 0 Å². The lowest BCUT2D eigenvalue weighted by Gasteiger charge is -2.19. The Kier molecular flexibility index (Phi) is 3.68. The quantitative estimate of drug-likeness (QED) is 0.912. The lowest BCUT2D eigenvalue weighted by molar-refractivity contribution is 0.557. The highest BCUT2D eigenvalue weighted by molar-refractivity contribution is 9.10. The molecule has 0 spiro atoms. The number of hydrogen-bond acceptors (Lipinski definition) is 5. The van der Waals surface area contributed by atoms with Gasteiger partial charge in [0.2, 0.25) is 0 Å². The minimum Gasteiger partial charge on any atom is -0.319 e. The maximum atomic E-state index is 6.31. The third-order valence-electron chi connectivity index (χ3n) is 2.43. The molecule has 1 unspecified atom stereocenters. The van der Waals surface area contributed by atoms with Gasteiger partial charge in [-0.25, -0.2) is 0 Å². The van der Waals surface area contributed by atoms with Gasteiger partial charge in [-0.3, -0.25) is 0 Å². The van der Waals surface area contributed by atoms with E-state index in [1.165, 1.54) is 11.5 Å². The van der Waals surface area contributed by atoms with E-state index in [9.17, 15) is 0 Å². The lowest BCUT2D eigenvalue weighted by Crippen LogP contribution is -2.19. The Morgan fingerprint density at radius 2 is 2.06 bits per heavy atom. The molecule has 0 bridgehead atoms. The van der Waals surface area contributed by atoms with Crippen molar-refractivity contribution in [1.82, 2.24) is 9.59 Å². The van der Waals surface area contributed by atoms with Gasteiger partial charge in [-0.1, -0.05) is 25.3 Å². The van der Waals surface area contributed by atoms with Crippen molar-refractivity contribution in [1.29, 1.82) is 0 Å². The van der Waals surface area contributed by atoms with Gasteiger partial charge in [0.1, 0.15) is 0 Å². The second-order valence-electron chi connectivity index (χ2n) is 4.85. The van der Waals surface area contributed by atoms with E-state index in [4.69, 9.17) is 5.73 Å². The van der Waals surface area contributed by atoms with Crippen molar-refractivity contribution in [3.63, 3.8) is 0 Å². The van der Waals surface area contributed by atoms with Gasteiger partial charge in [0, 0.05) is 14.8 Å². The molecule has 0 saturated carbocycles. The molecule has 1 atom stereocenters. The molecule has 2 rings (SSSR count). The van der Waals surface area contributed by atoms with E-state index < -0.39 is 0 Å². The highest BCUT2D eigenvalue weighted by atomic mass is 79.9. The monoisotopic (exact) mass is 331 g/mol. The summed E-state index contributed by atoms with van der Waals surface area (Å²) in [5, 5.41) is 6.26. The van der Waals surface area contributed by atoms with E-state index in [0.717, 1.165) is 19.9 Å². The molecule has 2 heterocycles. The molecule has 0 fully saturated rings. The SMILES string of the molecule is CC(C)(C)c1nnsc1C(N)c1sccc1Br. The van der Waals surface area contributed by atoms with Gasteiger partial charge in [-0.05, 0) is 38.9 Å². The fraction of sp³-hybridized carbons (Fsp3) is 0.455. The highest BCUT2D eigenvalue weighted by Gasteiger charge is 2.27. The summed E-state index contributed by atoms with van der Waals surface area (Å²) in [5.41, 5.74) is 7.29. The fourth-order valence-electron chi connectivity index (χ4n) is 1.57. The molecule has 3 nitrogen and oxygen atoms in total. The average molecular weight is 332 g/mol. The van der Waals surface area contributed by atoms with Gasteiger partial charge in [-0.2, -0.15) is 0 Å². The van der Waals surface area contributed by atoms with Crippen molar-refractivity contribution < 1.29 is 0 Å². The third kappa shape index (κ3) is 2.59. The van der Waals surface area contributed by atoms with E-state index in [1.807, 2.05) is 11.4 Å². The maximum absolute atomic E-state index is 6.31. The largest absolute Gasteiger partial charge is 0.319 e. The number of halogens is 1. The number of hydrogen-bond donors (Lipinski definition) is 1. The molecular weight excluding hydrogens is 318 g/mol. The average Bonchev–Trinajstić information content (AvgIpc) is 2.82. The molecule has 0 aliphatic heterocycles. The molecule has 0 radical (unpaired) electrons.